The monoisotopic (exact) mass is 474 g/mol. The van der Waals surface area contributed by atoms with Gasteiger partial charge in [0.2, 0.25) is 0 Å². The molecule has 0 radical (unpaired) electrons. The summed E-state index contributed by atoms with van der Waals surface area (Å²) in [7, 11) is 2.08. The molecule has 2 aromatic carbocycles. The molecule has 0 aromatic heterocycles. The summed E-state index contributed by atoms with van der Waals surface area (Å²) in [6.45, 7) is 4.85. The molecule has 2 aromatic rings. The number of hydrogen-bond donors (Lipinski definition) is 1. The van der Waals surface area contributed by atoms with Crippen molar-refractivity contribution in [3.8, 4) is 0 Å². The number of hydrogen-bond acceptors (Lipinski definition) is 4. The molecule has 2 heterocycles. The predicted molar refractivity (Wildman–Crippen MR) is 129 cm³/mol. The number of amides is 2. The number of halogens is 2. The Hall–Kier alpha value is -2.28. The zero-order valence-corrected chi connectivity index (χ0v) is 19.7. The van der Waals surface area contributed by atoms with Crippen molar-refractivity contribution in [1.82, 2.24) is 15.1 Å². The van der Waals surface area contributed by atoms with Gasteiger partial charge in [0, 0.05) is 56.0 Å². The smallest absolute Gasteiger partial charge is 0.256 e. The number of piperidine rings is 1. The lowest BCUT2D eigenvalue weighted by atomic mass is 10.0. The molecule has 0 spiro atoms. The first-order chi connectivity index (χ1) is 15.4. The van der Waals surface area contributed by atoms with Crippen molar-refractivity contribution < 1.29 is 9.59 Å². The normalized spacial score (nSPS) is 18.0. The fourth-order valence-corrected chi connectivity index (χ4v) is 4.81. The molecule has 32 heavy (non-hydrogen) atoms. The summed E-state index contributed by atoms with van der Waals surface area (Å²) >= 11 is 12.1. The molecule has 2 saturated heterocycles. The zero-order chi connectivity index (χ0) is 22.7. The molecule has 0 atom stereocenters. The van der Waals surface area contributed by atoms with E-state index in [0.717, 1.165) is 63.4 Å². The molecule has 2 amide bonds. The zero-order valence-electron chi connectivity index (χ0n) is 18.2. The summed E-state index contributed by atoms with van der Waals surface area (Å²) in [5.41, 5.74) is 2.16. The number of carbonyl (C=O) groups excluding carboxylic acids is 2. The number of nitrogens with zero attached hydrogens (tertiary/aromatic N) is 3. The van der Waals surface area contributed by atoms with Crippen LogP contribution in [0, 0.1) is 0 Å². The van der Waals surface area contributed by atoms with Gasteiger partial charge in [-0.25, -0.2) is 0 Å². The summed E-state index contributed by atoms with van der Waals surface area (Å²) in [5, 5.41) is 3.94. The molecule has 2 fully saturated rings. The first-order valence-corrected chi connectivity index (χ1v) is 11.8. The molecule has 0 unspecified atom stereocenters. The van der Waals surface area contributed by atoms with Gasteiger partial charge in [-0.15, -0.1) is 0 Å². The van der Waals surface area contributed by atoms with E-state index in [2.05, 4.69) is 22.2 Å². The summed E-state index contributed by atoms with van der Waals surface area (Å²) in [6, 6.07) is 12.8. The van der Waals surface area contributed by atoms with E-state index in [1.807, 2.05) is 29.2 Å². The van der Waals surface area contributed by atoms with Gasteiger partial charge in [-0.1, -0.05) is 35.3 Å². The highest BCUT2D eigenvalue weighted by Gasteiger charge is 2.27. The SMILES string of the molecule is CN1CCN(C(=O)c2ccccc2N2CCC(NC(=O)c3ccc(Cl)cc3Cl)CC2)CC1. The molecule has 0 bridgehead atoms. The van der Waals surface area contributed by atoms with Gasteiger partial charge in [-0.3, -0.25) is 9.59 Å². The number of piperazine rings is 1. The molecular weight excluding hydrogens is 447 g/mol. The second-order valence-corrected chi connectivity index (χ2v) is 9.32. The fourth-order valence-electron chi connectivity index (χ4n) is 4.31. The largest absolute Gasteiger partial charge is 0.371 e. The van der Waals surface area contributed by atoms with E-state index in [-0.39, 0.29) is 17.9 Å². The van der Waals surface area contributed by atoms with Crippen molar-refractivity contribution in [1.29, 1.82) is 0 Å². The lowest BCUT2D eigenvalue weighted by Gasteiger charge is -2.36. The lowest BCUT2D eigenvalue weighted by molar-refractivity contribution is 0.0664. The Balaban J connectivity index is 1.38. The molecule has 2 aliphatic heterocycles. The third kappa shape index (κ3) is 5.20. The van der Waals surface area contributed by atoms with Crippen LogP contribution in [0.1, 0.15) is 33.6 Å². The van der Waals surface area contributed by atoms with E-state index in [9.17, 15) is 9.59 Å². The Morgan fingerprint density at radius 1 is 0.906 bits per heavy atom. The Morgan fingerprint density at radius 3 is 2.28 bits per heavy atom. The maximum absolute atomic E-state index is 13.2. The van der Waals surface area contributed by atoms with Crippen LogP contribution in [0.4, 0.5) is 5.69 Å². The van der Waals surface area contributed by atoms with Gasteiger partial charge >= 0.3 is 0 Å². The second kappa shape index (κ2) is 10.1. The molecule has 0 saturated carbocycles. The number of benzene rings is 2. The van der Waals surface area contributed by atoms with Gasteiger partial charge in [0.25, 0.3) is 11.8 Å². The van der Waals surface area contributed by atoms with Gasteiger partial charge in [0.05, 0.1) is 16.1 Å². The van der Waals surface area contributed by atoms with Crippen LogP contribution in [0.15, 0.2) is 42.5 Å². The maximum atomic E-state index is 13.2. The van der Waals surface area contributed by atoms with Crippen LogP contribution in [-0.2, 0) is 0 Å². The first kappa shape index (κ1) is 22.9. The minimum absolute atomic E-state index is 0.0611. The van der Waals surface area contributed by atoms with Crippen molar-refractivity contribution in [2.24, 2.45) is 0 Å². The topological polar surface area (TPSA) is 55.9 Å². The van der Waals surface area contributed by atoms with Crippen molar-refractivity contribution in [3.05, 3.63) is 63.6 Å². The Morgan fingerprint density at radius 2 is 1.59 bits per heavy atom. The molecule has 2 aliphatic rings. The molecule has 4 rings (SSSR count). The predicted octanol–water partition coefficient (Wildman–Crippen LogP) is 3.78. The van der Waals surface area contributed by atoms with Crippen molar-refractivity contribution in [2.45, 2.75) is 18.9 Å². The van der Waals surface area contributed by atoms with Crippen LogP contribution in [0.5, 0.6) is 0 Å². The summed E-state index contributed by atoms with van der Waals surface area (Å²) in [5.74, 6) is -0.0859. The van der Waals surface area contributed by atoms with Gasteiger partial charge in [-0.2, -0.15) is 0 Å². The van der Waals surface area contributed by atoms with Crippen LogP contribution < -0.4 is 10.2 Å². The molecule has 1 N–H and O–H groups in total. The number of anilines is 1. The average molecular weight is 475 g/mol. The standard InChI is InChI=1S/C24H28Cl2N4O2/c1-28-12-14-30(15-13-28)24(32)20-4-2-3-5-22(20)29-10-8-18(9-11-29)27-23(31)19-7-6-17(25)16-21(19)26/h2-7,16,18H,8-15H2,1H3,(H,27,31). The molecule has 8 heteroatoms. The van der Waals surface area contributed by atoms with Crippen molar-refractivity contribution in [2.75, 3.05) is 51.2 Å². The number of para-hydroxylation sites is 1. The highest BCUT2D eigenvalue weighted by molar-refractivity contribution is 6.36. The van der Waals surface area contributed by atoms with E-state index in [4.69, 9.17) is 23.2 Å². The van der Waals surface area contributed by atoms with Crippen molar-refractivity contribution >= 4 is 40.7 Å². The summed E-state index contributed by atoms with van der Waals surface area (Å²) in [4.78, 5) is 32.3. The molecular formula is C24H28Cl2N4O2. The minimum atomic E-state index is -0.184. The molecule has 0 aliphatic carbocycles. The number of rotatable bonds is 4. The fraction of sp³-hybridized carbons (Fsp3) is 0.417. The van der Waals surface area contributed by atoms with Gasteiger partial charge in [-0.05, 0) is 50.2 Å². The van der Waals surface area contributed by atoms with Gasteiger partial charge < -0.3 is 20.0 Å². The summed E-state index contributed by atoms with van der Waals surface area (Å²) in [6.07, 6.45) is 1.60. The van der Waals surface area contributed by atoms with E-state index in [1.54, 1.807) is 18.2 Å². The number of carbonyl (C=O) groups is 2. The lowest BCUT2D eigenvalue weighted by Crippen LogP contribution is -2.48. The highest BCUT2D eigenvalue weighted by Crippen LogP contribution is 2.26. The van der Waals surface area contributed by atoms with Crippen LogP contribution in [-0.4, -0.2) is 74.0 Å². The van der Waals surface area contributed by atoms with E-state index in [1.165, 1.54) is 0 Å². The van der Waals surface area contributed by atoms with E-state index < -0.39 is 0 Å². The van der Waals surface area contributed by atoms with E-state index in [0.29, 0.717) is 15.6 Å². The molecule has 170 valence electrons. The third-order valence-corrected chi connectivity index (χ3v) is 6.82. The number of nitrogens with one attached hydrogen (secondary N) is 1. The van der Waals surface area contributed by atoms with Gasteiger partial charge in [0.1, 0.15) is 0 Å². The van der Waals surface area contributed by atoms with Crippen LogP contribution in [0.3, 0.4) is 0 Å². The molecule has 6 nitrogen and oxygen atoms in total. The first-order valence-electron chi connectivity index (χ1n) is 11.0. The van der Waals surface area contributed by atoms with E-state index >= 15 is 0 Å². The Labute approximate surface area is 199 Å². The second-order valence-electron chi connectivity index (χ2n) is 8.47. The average Bonchev–Trinajstić information content (AvgIpc) is 2.79. The third-order valence-electron chi connectivity index (χ3n) is 6.27. The quantitative estimate of drug-likeness (QED) is 0.732. The highest BCUT2D eigenvalue weighted by atomic mass is 35.5. The van der Waals surface area contributed by atoms with Crippen LogP contribution >= 0.6 is 23.2 Å². The van der Waals surface area contributed by atoms with Crippen molar-refractivity contribution in [3.63, 3.8) is 0 Å². The summed E-state index contributed by atoms with van der Waals surface area (Å²) < 4.78 is 0. The number of likely N-dealkylation sites (N-methyl/N-ethyl adjacent to an activating group) is 1. The Kier molecular flexibility index (Phi) is 7.23. The van der Waals surface area contributed by atoms with Crippen LogP contribution in [0.25, 0.3) is 0 Å². The maximum Gasteiger partial charge on any atom is 0.256 e. The minimum Gasteiger partial charge on any atom is -0.371 e. The Bertz CT molecular complexity index is 984. The van der Waals surface area contributed by atoms with Crippen LogP contribution in [0.2, 0.25) is 10.0 Å². The van der Waals surface area contributed by atoms with Gasteiger partial charge in [0.15, 0.2) is 0 Å².